The molecule has 11 heavy (non-hydrogen) atoms. The van der Waals surface area contributed by atoms with Crippen LogP contribution in [0.25, 0.3) is 0 Å². The summed E-state index contributed by atoms with van der Waals surface area (Å²) in [4.78, 5) is 0. The Kier molecular flexibility index (Phi) is 3.02. The van der Waals surface area contributed by atoms with Crippen molar-refractivity contribution in [3.8, 4) is 0 Å². The number of rotatable bonds is 4. The molecule has 0 aromatic carbocycles. The summed E-state index contributed by atoms with van der Waals surface area (Å²) >= 11 is 0. The van der Waals surface area contributed by atoms with E-state index in [2.05, 4.69) is 48.1 Å². The molecule has 0 aliphatic carbocycles. The summed E-state index contributed by atoms with van der Waals surface area (Å²) in [6, 6.07) is 4.11. The normalized spacial score (nSPS) is 10.0. The molecular formula is C9H16N2. The number of aromatic nitrogens is 1. The first-order valence-electron chi connectivity index (χ1n) is 4.26. The van der Waals surface area contributed by atoms with Gasteiger partial charge in [-0.1, -0.05) is 6.92 Å². The second-order valence-corrected chi connectivity index (χ2v) is 2.61. The largest absolute Gasteiger partial charge is 0.314 e. The van der Waals surface area contributed by atoms with Crippen LogP contribution in [0, 0.1) is 0 Å². The zero-order valence-corrected chi connectivity index (χ0v) is 7.33. The van der Waals surface area contributed by atoms with Crippen molar-refractivity contribution in [1.29, 1.82) is 0 Å². The van der Waals surface area contributed by atoms with Crippen LogP contribution in [0.5, 0.6) is 0 Å². The van der Waals surface area contributed by atoms with Crippen LogP contribution in [-0.4, -0.2) is 17.8 Å². The average Bonchev–Trinajstić information content (AvgIpc) is 2.52. The van der Waals surface area contributed by atoms with E-state index in [1.807, 2.05) is 0 Å². The van der Waals surface area contributed by atoms with Crippen molar-refractivity contribution < 1.29 is 0 Å². The van der Waals surface area contributed by atoms with Crippen molar-refractivity contribution in [3.63, 3.8) is 0 Å². The first kappa shape index (κ1) is 8.18. The maximum absolute atomic E-state index is 2.31. The smallest absolute Gasteiger partial charge is 0.0341 e. The summed E-state index contributed by atoms with van der Waals surface area (Å²) in [6.07, 6.45) is 5.37. The minimum absolute atomic E-state index is 1.07. The highest BCUT2D eigenvalue weighted by Gasteiger charge is 1.97. The van der Waals surface area contributed by atoms with Gasteiger partial charge in [0, 0.05) is 25.5 Å². The molecule has 0 unspecified atom stereocenters. The van der Waals surface area contributed by atoms with Gasteiger partial charge in [-0.15, -0.1) is 0 Å². The van der Waals surface area contributed by atoms with E-state index < -0.39 is 0 Å². The Balaban J connectivity index is 2.56. The van der Waals surface area contributed by atoms with E-state index in [0.29, 0.717) is 0 Å². The third-order valence-corrected chi connectivity index (χ3v) is 1.76. The molecule has 0 aliphatic heterocycles. The minimum atomic E-state index is 1.07. The summed E-state index contributed by atoms with van der Waals surface area (Å²) in [7, 11) is 0. The molecule has 0 amide bonds. The van der Waals surface area contributed by atoms with Crippen molar-refractivity contribution >= 4 is 0 Å². The van der Waals surface area contributed by atoms with Gasteiger partial charge in [-0.25, -0.2) is 0 Å². The van der Waals surface area contributed by atoms with E-state index in [-0.39, 0.29) is 0 Å². The molecule has 1 rings (SSSR count). The predicted molar refractivity (Wildman–Crippen MR) is 48.3 cm³/mol. The van der Waals surface area contributed by atoms with Crippen molar-refractivity contribution in [3.05, 3.63) is 24.5 Å². The lowest BCUT2D eigenvalue weighted by molar-refractivity contribution is 0.595. The lowest BCUT2D eigenvalue weighted by Crippen LogP contribution is -2.33. The van der Waals surface area contributed by atoms with Crippen LogP contribution in [0.1, 0.15) is 20.3 Å². The molecule has 2 heteroatoms. The van der Waals surface area contributed by atoms with Crippen molar-refractivity contribution in [2.45, 2.75) is 20.3 Å². The van der Waals surface area contributed by atoms with Gasteiger partial charge in [0.1, 0.15) is 0 Å². The molecule has 1 heterocycles. The monoisotopic (exact) mass is 152 g/mol. The summed E-state index contributed by atoms with van der Waals surface area (Å²) in [5.41, 5.74) is 0. The van der Waals surface area contributed by atoms with Gasteiger partial charge < -0.3 is 5.01 Å². The van der Waals surface area contributed by atoms with Gasteiger partial charge in [0.05, 0.1) is 0 Å². The van der Waals surface area contributed by atoms with Crippen LogP contribution in [0.2, 0.25) is 0 Å². The van der Waals surface area contributed by atoms with Crippen LogP contribution >= 0.6 is 0 Å². The van der Waals surface area contributed by atoms with Gasteiger partial charge in [-0.3, -0.25) is 4.68 Å². The lowest BCUT2D eigenvalue weighted by atomic mass is 10.4. The first-order valence-corrected chi connectivity index (χ1v) is 4.26. The predicted octanol–water partition coefficient (Wildman–Crippen LogP) is 1.86. The highest BCUT2D eigenvalue weighted by atomic mass is 15.5. The van der Waals surface area contributed by atoms with E-state index in [9.17, 15) is 0 Å². The van der Waals surface area contributed by atoms with Crippen LogP contribution in [-0.2, 0) is 0 Å². The SMILES string of the molecule is CCCN(CC)n1cccc1. The van der Waals surface area contributed by atoms with E-state index >= 15 is 0 Å². The van der Waals surface area contributed by atoms with E-state index in [1.165, 1.54) is 6.42 Å². The highest BCUT2D eigenvalue weighted by molar-refractivity contribution is 4.96. The lowest BCUT2D eigenvalue weighted by Gasteiger charge is -2.23. The molecule has 0 radical (unpaired) electrons. The molecule has 2 nitrogen and oxygen atoms in total. The highest BCUT2D eigenvalue weighted by Crippen LogP contribution is 1.94. The maximum atomic E-state index is 2.31. The third-order valence-electron chi connectivity index (χ3n) is 1.76. The molecule has 0 atom stereocenters. The molecule has 0 saturated heterocycles. The number of hydrogen-bond donors (Lipinski definition) is 0. The van der Waals surface area contributed by atoms with E-state index in [0.717, 1.165) is 13.1 Å². The van der Waals surface area contributed by atoms with Crippen LogP contribution in [0.4, 0.5) is 0 Å². The zero-order chi connectivity index (χ0) is 8.10. The Labute approximate surface area is 68.4 Å². The summed E-state index contributed by atoms with van der Waals surface area (Å²) in [6.45, 7) is 6.58. The molecule has 1 aromatic rings. The molecule has 0 aliphatic rings. The van der Waals surface area contributed by atoms with E-state index in [4.69, 9.17) is 0 Å². The Hall–Kier alpha value is -0.920. The maximum Gasteiger partial charge on any atom is 0.0341 e. The van der Waals surface area contributed by atoms with Crippen LogP contribution in [0.3, 0.4) is 0 Å². The van der Waals surface area contributed by atoms with Crippen LogP contribution in [0.15, 0.2) is 24.5 Å². The number of hydrogen-bond acceptors (Lipinski definition) is 1. The fourth-order valence-corrected chi connectivity index (χ4v) is 1.21. The van der Waals surface area contributed by atoms with Gasteiger partial charge in [0.25, 0.3) is 0 Å². The Morgan fingerprint density at radius 2 is 1.82 bits per heavy atom. The average molecular weight is 152 g/mol. The van der Waals surface area contributed by atoms with Gasteiger partial charge in [0.15, 0.2) is 0 Å². The Morgan fingerprint density at radius 1 is 1.18 bits per heavy atom. The van der Waals surface area contributed by atoms with Crippen molar-refractivity contribution in [2.75, 3.05) is 18.1 Å². The van der Waals surface area contributed by atoms with Gasteiger partial charge >= 0.3 is 0 Å². The molecule has 1 aromatic heterocycles. The third kappa shape index (κ3) is 2.00. The second kappa shape index (κ2) is 4.06. The zero-order valence-electron chi connectivity index (χ0n) is 7.33. The standard InChI is InChI=1S/C9H16N2/c1-3-7-10(4-2)11-8-5-6-9-11/h5-6,8-9H,3-4,7H2,1-2H3. The molecular weight excluding hydrogens is 136 g/mol. The van der Waals surface area contributed by atoms with Crippen LogP contribution < -0.4 is 5.01 Å². The van der Waals surface area contributed by atoms with E-state index in [1.54, 1.807) is 0 Å². The molecule has 0 N–H and O–H groups in total. The Morgan fingerprint density at radius 3 is 2.27 bits per heavy atom. The first-order chi connectivity index (χ1) is 5.38. The van der Waals surface area contributed by atoms with Gasteiger partial charge in [-0.05, 0) is 25.5 Å². The topological polar surface area (TPSA) is 8.17 Å². The fourth-order valence-electron chi connectivity index (χ4n) is 1.21. The minimum Gasteiger partial charge on any atom is -0.314 e. The molecule has 0 spiro atoms. The van der Waals surface area contributed by atoms with Gasteiger partial charge in [-0.2, -0.15) is 0 Å². The fraction of sp³-hybridized carbons (Fsp3) is 0.556. The summed E-state index contributed by atoms with van der Waals surface area (Å²) < 4.78 is 2.14. The van der Waals surface area contributed by atoms with Gasteiger partial charge in [0.2, 0.25) is 0 Å². The number of nitrogens with zero attached hydrogens (tertiary/aromatic N) is 2. The molecule has 0 fully saturated rings. The second-order valence-electron chi connectivity index (χ2n) is 2.61. The molecule has 62 valence electrons. The Bertz CT molecular complexity index is 179. The van der Waals surface area contributed by atoms with Crippen molar-refractivity contribution in [2.24, 2.45) is 0 Å². The molecule has 0 saturated carbocycles. The summed E-state index contributed by atoms with van der Waals surface area (Å²) in [5, 5.41) is 2.31. The quantitative estimate of drug-likeness (QED) is 0.639. The van der Waals surface area contributed by atoms with Crippen molar-refractivity contribution in [1.82, 2.24) is 4.68 Å². The summed E-state index contributed by atoms with van der Waals surface area (Å²) in [5.74, 6) is 0. The molecule has 0 bridgehead atoms.